The molecule has 2 amide bonds. The van der Waals surface area contributed by atoms with Crippen LogP contribution in [-0.4, -0.2) is 27.0 Å². The third-order valence-electron chi connectivity index (χ3n) is 3.81. The number of carbonyl (C=O) groups is 2. The smallest absolute Gasteiger partial charge is 0.272 e. The van der Waals surface area contributed by atoms with Crippen molar-refractivity contribution in [3.8, 4) is 11.3 Å². The van der Waals surface area contributed by atoms with Crippen LogP contribution in [0.2, 0.25) is 0 Å². The van der Waals surface area contributed by atoms with Gasteiger partial charge in [0.1, 0.15) is 10.6 Å². The van der Waals surface area contributed by atoms with Crippen molar-refractivity contribution in [3.63, 3.8) is 0 Å². The predicted octanol–water partition coefficient (Wildman–Crippen LogP) is 3.11. The second kappa shape index (κ2) is 8.13. The first-order valence-electron chi connectivity index (χ1n) is 8.62. The molecule has 27 heavy (non-hydrogen) atoms. The molecule has 0 radical (unpaired) electrons. The van der Waals surface area contributed by atoms with E-state index >= 15 is 0 Å². The van der Waals surface area contributed by atoms with Gasteiger partial charge < -0.3 is 0 Å². The zero-order chi connectivity index (χ0) is 19.4. The highest BCUT2D eigenvalue weighted by molar-refractivity contribution is 7.13. The first-order chi connectivity index (χ1) is 12.9. The SMILES string of the molecule is Cc1nc(CC(C)C)sc1C(=O)NNC(=O)c1cc(-c2ccccc2)n[nH]1. The van der Waals surface area contributed by atoms with Crippen molar-refractivity contribution in [1.82, 2.24) is 26.0 Å². The Bertz CT molecular complexity index is 946. The van der Waals surface area contributed by atoms with E-state index in [-0.39, 0.29) is 11.6 Å². The van der Waals surface area contributed by atoms with Gasteiger partial charge in [-0.1, -0.05) is 44.2 Å². The predicted molar refractivity (Wildman–Crippen MR) is 104 cm³/mol. The van der Waals surface area contributed by atoms with Gasteiger partial charge in [0, 0.05) is 12.0 Å². The summed E-state index contributed by atoms with van der Waals surface area (Å²) in [5, 5.41) is 7.73. The Kier molecular flexibility index (Phi) is 5.66. The lowest BCUT2D eigenvalue weighted by Gasteiger charge is -2.04. The second-order valence-electron chi connectivity index (χ2n) is 6.56. The molecule has 0 saturated heterocycles. The molecule has 2 heterocycles. The van der Waals surface area contributed by atoms with E-state index in [1.807, 2.05) is 30.3 Å². The van der Waals surface area contributed by atoms with Crippen LogP contribution in [0.3, 0.4) is 0 Å². The average molecular weight is 383 g/mol. The molecule has 140 valence electrons. The molecule has 0 atom stereocenters. The number of hydrazine groups is 1. The lowest BCUT2D eigenvalue weighted by atomic mass is 10.1. The molecule has 2 aromatic heterocycles. The molecular formula is C19H21N5O2S. The minimum Gasteiger partial charge on any atom is -0.272 e. The summed E-state index contributed by atoms with van der Waals surface area (Å²) in [5.74, 6) is -0.385. The van der Waals surface area contributed by atoms with E-state index in [1.165, 1.54) is 11.3 Å². The van der Waals surface area contributed by atoms with Gasteiger partial charge in [-0.05, 0) is 18.9 Å². The van der Waals surface area contributed by atoms with E-state index in [4.69, 9.17) is 0 Å². The van der Waals surface area contributed by atoms with E-state index in [9.17, 15) is 9.59 Å². The van der Waals surface area contributed by atoms with E-state index in [2.05, 4.69) is 39.9 Å². The molecular weight excluding hydrogens is 362 g/mol. The summed E-state index contributed by atoms with van der Waals surface area (Å²) in [7, 11) is 0. The van der Waals surface area contributed by atoms with Crippen molar-refractivity contribution in [1.29, 1.82) is 0 Å². The van der Waals surface area contributed by atoms with Crippen LogP contribution in [0.15, 0.2) is 36.4 Å². The molecule has 3 rings (SSSR count). The number of thiazole rings is 1. The van der Waals surface area contributed by atoms with Crippen molar-refractivity contribution in [2.75, 3.05) is 0 Å². The van der Waals surface area contributed by atoms with Crippen LogP contribution in [-0.2, 0) is 6.42 Å². The highest BCUT2D eigenvalue weighted by Crippen LogP contribution is 2.20. The minimum atomic E-state index is -0.470. The van der Waals surface area contributed by atoms with Gasteiger partial charge in [0.25, 0.3) is 11.8 Å². The topological polar surface area (TPSA) is 99.8 Å². The lowest BCUT2D eigenvalue weighted by Crippen LogP contribution is -2.41. The number of carbonyl (C=O) groups excluding carboxylic acids is 2. The number of nitrogens with zero attached hydrogens (tertiary/aromatic N) is 2. The van der Waals surface area contributed by atoms with Crippen LogP contribution in [0.4, 0.5) is 0 Å². The number of aryl methyl sites for hydroxylation is 1. The summed E-state index contributed by atoms with van der Waals surface area (Å²) in [6.45, 7) is 5.99. The first-order valence-corrected chi connectivity index (χ1v) is 9.43. The molecule has 3 aromatic rings. The standard InChI is InChI=1S/C19H21N5O2S/c1-11(2)9-16-20-12(3)17(27-16)19(26)24-23-18(25)15-10-14(21-22-15)13-7-5-4-6-8-13/h4-8,10-11H,9H2,1-3H3,(H,21,22)(H,23,25)(H,24,26). The Balaban J connectivity index is 1.62. The van der Waals surface area contributed by atoms with Gasteiger partial charge in [-0.3, -0.25) is 25.5 Å². The number of rotatable bonds is 5. The van der Waals surface area contributed by atoms with Crippen LogP contribution in [0.25, 0.3) is 11.3 Å². The van der Waals surface area contributed by atoms with E-state index in [0.717, 1.165) is 17.0 Å². The van der Waals surface area contributed by atoms with Gasteiger partial charge >= 0.3 is 0 Å². The molecule has 0 bridgehead atoms. The second-order valence-corrected chi connectivity index (χ2v) is 7.64. The highest BCUT2D eigenvalue weighted by atomic mass is 32.1. The van der Waals surface area contributed by atoms with Gasteiger partial charge in [-0.15, -0.1) is 11.3 Å². The molecule has 7 nitrogen and oxygen atoms in total. The maximum Gasteiger partial charge on any atom is 0.287 e. The Morgan fingerprint density at radius 1 is 1.15 bits per heavy atom. The quantitative estimate of drug-likeness (QED) is 0.589. The zero-order valence-corrected chi connectivity index (χ0v) is 16.2. The Hall–Kier alpha value is -3.00. The van der Waals surface area contributed by atoms with Gasteiger partial charge in [-0.2, -0.15) is 5.10 Å². The van der Waals surface area contributed by atoms with Crippen molar-refractivity contribution in [2.45, 2.75) is 27.2 Å². The van der Waals surface area contributed by atoms with Crippen LogP contribution >= 0.6 is 11.3 Å². The maximum absolute atomic E-state index is 12.3. The van der Waals surface area contributed by atoms with E-state index in [0.29, 0.717) is 22.2 Å². The number of benzene rings is 1. The van der Waals surface area contributed by atoms with Crippen LogP contribution in [0.1, 0.15) is 44.7 Å². The summed E-state index contributed by atoms with van der Waals surface area (Å²) in [6.07, 6.45) is 0.821. The molecule has 8 heteroatoms. The average Bonchev–Trinajstić information content (AvgIpc) is 3.27. The van der Waals surface area contributed by atoms with Crippen molar-refractivity contribution >= 4 is 23.2 Å². The fourth-order valence-corrected chi connectivity index (χ4v) is 3.70. The Labute approximate surface area is 161 Å². The molecule has 0 saturated carbocycles. The fraction of sp³-hybridized carbons (Fsp3) is 0.263. The number of amides is 2. The molecule has 0 fully saturated rings. The normalized spacial score (nSPS) is 10.8. The summed E-state index contributed by atoms with van der Waals surface area (Å²) < 4.78 is 0. The third-order valence-corrected chi connectivity index (χ3v) is 4.99. The lowest BCUT2D eigenvalue weighted by molar-refractivity contribution is 0.0845. The number of hydrogen-bond donors (Lipinski definition) is 3. The molecule has 3 N–H and O–H groups in total. The highest BCUT2D eigenvalue weighted by Gasteiger charge is 2.17. The summed E-state index contributed by atoms with van der Waals surface area (Å²) in [5.41, 5.74) is 7.32. The number of aromatic amines is 1. The van der Waals surface area contributed by atoms with E-state index < -0.39 is 5.91 Å². The van der Waals surface area contributed by atoms with Crippen LogP contribution < -0.4 is 10.9 Å². The number of aromatic nitrogens is 3. The monoisotopic (exact) mass is 383 g/mol. The van der Waals surface area contributed by atoms with Crippen molar-refractivity contribution in [2.24, 2.45) is 5.92 Å². The van der Waals surface area contributed by atoms with Crippen molar-refractivity contribution in [3.05, 3.63) is 57.7 Å². The minimum absolute atomic E-state index is 0.260. The van der Waals surface area contributed by atoms with Gasteiger partial charge in [0.2, 0.25) is 0 Å². The van der Waals surface area contributed by atoms with Crippen LogP contribution in [0.5, 0.6) is 0 Å². The fourth-order valence-electron chi connectivity index (χ4n) is 2.53. The molecule has 0 spiro atoms. The summed E-state index contributed by atoms with van der Waals surface area (Å²) >= 11 is 1.35. The van der Waals surface area contributed by atoms with Crippen LogP contribution in [0, 0.1) is 12.8 Å². The third kappa shape index (κ3) is 4.59. The van der Waals surface area contributed by atoms with Gasteiger partial charge in [0.05, 0.1) is 16.4 Å². The van der Waals surface area contributed by atoms with Crippen molar-refractivity contribution < 1.29 is 9.59 Å². The molecule has 0 aliphatic heterocycles. The molecule has 1 aromatic carbocycles. The number of H-pyrrole nitrogens is 1. The maximum atomic E-state index is 12.3. The molecule has 0 unspecified atom stereocenters. The molecule has 0 aliphatic rings. The Morgan fingerprint density at radius 2 is 1.85 bits per heavy atom. The van der Waals surface area contributed by atoms with Gasteiger partial charge in [0.15, 0.2) is 0 Å². The number of nitrogens with one attached hydrogen (secondary N) is 3. The largest absolute Gasteiger partial charge is 0.287 e. The summed E-state index contributed by atoms with van der Waals surface area (Å²) in [6, 6.07) is 11.1. The first kappa shape index (κ1) is 18.8. The molecule has 0 aliphatic carbocycles. The zero-order valence-electron chi connectivity index (χ0n) is 15.4. The van der Waals surface area contributed by atoms with E-state index in [1.54, 1.807) is 13.0 Å². The van der Waals surface area contributed by atoms with Gasteiger partial charge in [-0.25, -0.2) is 4.98 Å². The Morgan fingerprint density at radius 3 is 2.56 bits per heavy atom. The summed E-state index contributed by atoms with van der Waals surface area (Å²) in [4.78, 5) is 29.5. The number of hydrogen-bond acceptors (Lipinski definition) is 5.